The van der Waals surface area contributed by atoms with E-state index in [1.807, 2.05) is 44.2 Å². The molecular formula is C22H24N4O2S2. The van der Waals surface area contributed by atoms with Gasteiger partial charge in [0.25, 0.3) is 11.5 Å². The predicted molar refractivity (Wildman–Crippen MR) is 126 cm³/mol. The molecule has 0 fully saturated rings. The number of benzene rings is 1. The summed E-state index contributed by atoms with van der Waals surface area (Å²) in [6.07, 6.45) is 0. The first-order valence-corrected chi connectivity index (χ1v) is 11.6. The predicted octanol–water partition coefficient (Wildman–Crippen LogP) is 2.89. The molecule has 2 aliphatic heterocycles. The number of rotatable bonds is 3. The van der Waals surface area contributed by atoms with Crippen LogP contribution in [0.4, 0.5) is 5.69 Å². The Labute approximate surface area is 183 Å². The molecule has 0 bridgehead atoms. The number of carbonyl (C=O) groups is 1. The second-order valence-electron chi connectivity index (χ2n) is 7.09. The Morgan fingerprint density at radius 3 is 2.33 bits per heavy atom. The summed E-state index contributed by atoms with van der Waals surface area (Å²) in [5.41, 5.74) is 2.97. The van der Waals surface area contributed by atoms with Gasteiger partial charge in [-0.2, -0.15) is 10.1 Å². The first-order valence-electron chi connectivity index (χ1n) is 9.95. The van der Waals surface area contributed by atoms with E-state index < -0.39 is 0 Å². The Morgan fingerprint density at radius 2 is 1.70 bits per heavy atom. The standard InChI is InChI=1S/C22H24N4O2S2/c1-6-24-14(4)15(5)29-22(24)18-20(28)25(7-2)21(30-18)17-13(3)23-26(19(17)27)16-11-9-8-10-12-16/h8-12H,6-7H2,1-5H3/b21-17+,22-18-. The maximum atomic E-state index is 13.3. The zero-order chi connectivity index (χ0) is 21.6. The van der Waals surface area contributed by atoms with Gasteiger partial charge in [0.15, 0.2) is 0 Å². The van der Waals surface area contributed by atoms with Crippen molar-refractivity contribution in [3.8, 4) is 0 Å². The molecule has 8 heteroatoms. The third-order valence-corrected chi connectivity index (χ3v) is 7.89. The molecular weight excluding hydrogens is 416 g/mol. The minimum absolute atomic E-state index is 0.0489. The summed E-state index contributed by atoms with van der Waals surface area (Å²) in [5.74, 6) is -0.199. The molecule has 0 radical (unpaired) electrons. The molecule has 4 rings (SSSR count). The lowest BCUT2D eigenvalue weighted by molar-refractivity contribution is -0.112. The number of anilines is 1. The van der Waals surface area contributed by atoms with Crippen LogP contribution in [0, 0.1) is 0 Å². The van der Waals surface area contributed by atoms with Gasteiger partial charge in [-0.25, -0.2) is 0 Å². The van der Waals surface area contributed by atoms with E-state index in [2.05, 4.69) is 30.8 Å². The zero-order valence-corrected chi connectivity index (χ0v) is 19.4. The van der Waals surface area contributed by atoms with E-state index in [1.165, 1.54) is 26.9 Å². The van der Waals surface area contributed by atoms with Gasteiger partial charge in [-0.1, -0.05) is 30.0 Å². The first kappa shape index (κ1) is 20.7. The molecule has 0 unspecified atom stereocenters. The molecule has 156 valence electrons. The molecule has 0 aliphatic carbocycles. The van der Waals surface area contributed by atoms with E-state index in [1.54, 1.807) is 16.3 Å². The van der Waals surface area contributed by atoms with Crippen LogP contribution in [-0.4, -0.2) is 27.6 Å². The molecule has 1 amide bonds. The fourth-order valence-corrected chi connectivity index (χ4v) is 6.28. The van der Waals surface area contributed by atoms with Crippen LogP contribution in [0.3, 0.4) is 0 Å². The van der Waals surface area contributed by atoms with Crippen LogP contribution >= 0.6 is 23.1 Å². The van der Waals surface area contributed by atoms with Crippen LogP contribution in [-0.2, 0) is 11.3 Å². The number of aromatic nitrogens is 1. The Balaban J connectivity index is 1.96. The van der Waals surface area contributed by atoms with Crippen molar-refractivity contribution in [2.45, 2.75) is 41.2 Å². The average molecular weight is 441 g/mol. The normalized spacial score (nSPS) is 20.6. The number of thioether (sulfide) groups is 1. The Hall–Kier alpha value is -2.58. The highest BCUT2D eigenvalue weighted by molar-refractivity contribution is 8.11. The van der Waals surface area contributed by atoms with E-state index in [0.29, 0.717) is 32.7 Å². The molecule has 30 heavy (non-hydrogen) atoms. The largest absolute Gasteiger partial charge is 0.338 e. The van der Waals surface area contributed by atoms with E-state index in [-0.39, 0.29) is 11.5 Å². The van der Waals surface area contributed by atoms with Gasteiger partial charge in [-0.05, 0) is 46.8 Å². The Kier molecular flexibility index (Phi) is 5.46. The summed E-state index contributed by atoms with van der Waals surface area (Å²) in [5, 5.41) is 6.86. The van der Waals surface area contributed by atoms with Gasteiger partial charge in [0, 0.05) is 23.7 Å². The van der Waals surface area contributed by atoms with Crippen molar-refractivity contribution >= 4 is 51.0 Å². The highest BCUT2D eigenvalue weighted by Crippen LogP contribution is 2.40. The molecule has 0 spiro atoms. The van der Waals surface area contributed by atoms with Crippen LogP contribution in [0.15, 0.2) is 50.8 Å². The van der Waals surface area contributed by atoms with Gasteiger partial charge in [0.1, 0.15) is 14.2 Å². The fraction of sp³-hybridized carbons (Fsp3) is 0.318. The highest BCUT2D eigenvalue weighted by atomic mass is 32.2. The van der Waals surface area contributed by atoms with Gasteiger partial charge in [-0.15, -0.1) is 11.3 Å². The minimum Gasteiger partial charge on any atom is -0.338 e. The van der Waals surface area contributed by atoms with Crippen molar-refractivity contribution < 1.29 is 4.79 Å². The lowest BCUT2D eigenvalue weighted by Gasteiger charge is -2.17. The van der Waals surface area contributed by atoms with E-state index in [4.69, 9.17) is 0 Å². The summed E-state index contributed by atoms with van der Waals surface area (Å²) in [4.78, 5) is 30.0. The third-order valence-electron chi connectivity index (χ3n) is 5.35. The maximum absolute atomic E-state index is 13.3. The van der Waals surface area contributed by atoms with Crippen molar-refractivity contribution in [1.29, 1.82) is 0 Å². The molecule has 1 aromatic carbocycles. The van der Waals surface area contributed by atoms with Gasteiger partial charge >= 0.3 is 0 Å². The molecule has 0 atom stereocenters. The number of amides is 1. The van der Waals surface area contributed by atoms with Crippen LogP contribution in [0.25, 0.3) is 10.6 Å². The van der Waals surface area contributed by atoms with Gasteiger partial charge in [0.2, 0.25) is 0 Å². The molecule has 2 aliphatic rings. The van der Waals surface area contributed by atoms with Gasteiger partial charge < -0.3 is 4.90 Å². The molecule has 6 nitrogen and oxygen atoms in total. The van der Waals surface area contributed by atoms with Gasteiger partial charge in [0.05, 0.1) is 17.0 Å². The number of carbonyl (C=O) groups excluding carboxylic acids is 1. The number of para-hydroxylation sites is 1. The lowest BCUT2D eigenvalue weighted by atomic mass is 10.2. The molecule has 1 aromatic heterocycles. The van der Waals surface area contributed by atoms with Crippen LogP contribution in [0.1, 0.15) is 34.6 Å². The van der Waals surface area contributed by atoms with Crippen molar-refractivity contribution in [3.63, 3.8) is 0 Å². The number of hydrazone groups is 1. The SMILES string of the molecule is CCN1C(C)=C(C)S/C1=c1\s/c(=C2/C(=O)N(c3ccccc3)N=C2C)n(CC)c1=O. The lowest BCUT2D eigenvalue weighted by Crippen LogP contribution is -2.35. The quantitative estimate of drug-likeness (QED) is 0.737. The maximum Gasteiger partial charge on any atom is 0.283 e. The summed E-state index contributed by atoms with van der Waals surface area (Å²) in [6.45, 7) is 11.3. The Bertz CT molecular complexity index is 1270. The molecule has 2 aromatic rings. The topological polar surface area (TPSA) is 57.9 Å². The zero-order valence-electron chi connectivity index (χ0n) is 17.7. The number of allylic oxidation sites excluding steroid dienone is 2. The minimum atomic E-state index is -0.199. The van der Waals surface area contributed by atoms with E-state index in [9.17, 15) is 9.59 Å². The van der Waals surface area contributed by atoms with Crippen molar-refractivity contribution in [3.05, 3.63) is 60.5 Å². The van der Waals surface area contributed by atoms with Crippen molar-refractivity contribution in [2.24, 2.45) is 5.10 Å². The second-order valence-corrected chi connectivity index (χ2v) is 9.29. The van der Waals surface area contributed by atoms with Crippen LogP contribution < -0.4 is 19.8 Å². The summed E-state index contributed by atoms with van der Waals surface area (Å²) < 4.78 is 3.06. The number of thiazole rings is 1. The summed E-state index contributed by atoms with van der Waals surface area (Å²) in [7, 11) is 0. The molecule has 0 saturated heterocycles. The monoisotopic (exact) mass is 440 g/mol. The highest BCUT2D eigenvalue weighted by Gasteiger charge is 2.32. The van der Waals surface area contributed by atoms with Crippen molar-refractivity contribution in [2.75, 3.05) is 11.6 Å². The molecule has 0 saturated carbocycles. The summed E-state index contributed by atoms with van der Waals surface area (Å²) in [6, 6.07) is 9.36. The van der Waals surface area contributed by atoms with E-state index in [0.717, 1.165) is 11.6 Å². The van der Waals surface area contributed by atoms with Gasteiger partial charge in [-0.3, -0.25) is 14.2 Å². The summed E-state index contributed by atoms with van der Waals surface area (Å²) >= 11 is 3.02. The number of nitrogens with zero attached hydrogens (tertiary/aromatic N) is 4. The molecule has 0 N–H and O–H groups in total. The van der Waals surface area contributed by atoms with Crippen LogP contribution in [0.5, 0.6) is 0 Å². The fourth-order valence-electron chi connectivity index (χ4n) is 3.68. The van der Waals surface area contributed by atoms with E-state index >= 15 is 0 Å². The third kappa shape index (κ3) is 3.15. The average Bonchev–Trinajstić information content (AvgIpc) is 3.33. The second kappa shape index (κ2) is 7.92. The number of hydrogen-bond donors (Lipinski definition) is 0. The van der Waals surface area contributed by atoms with Crippen LogP contribution in [0.2, 0.25) is 0 Å². The Morgan fingerprint density at radius 1 is 1.00 bits per heavy atom. The number of hydrogen-bond acceptors (Lipinski definition) is 6. The first-order chi connectivity index (χ1) is 14.4. The smallest absolute Gasteiger partial charge is 0.283 e. The molecule has 3 heterocycles. The van der Waals surface area contributed by atoms with Crippen molar-refractivity contribution in [1.82, 2.24) is 9.47 Å².